The summed E-state index contributed by atoms with van der Waals surface area (Å²) in [4.78, 5) is 0. The van der Waals surface area contributed by atoms with E-state index in [9.17, 15) is 0 Å². The molecule has 0 saturated carbocycles. The SMILES string of the molecule is CC(N)C(c1ccsc1)n1cc(Br)cn1. The molecule has 0 bridgehead atoms. The maximum absolute atomic E-state index is 6.00. The number of aromatic nitrogens is 2. The van der Waals surface area contributed by atoms with E-state index < -0.39 is 0 Å². The summed E-state index contributed by atoms with van der Waals surface area (Å²) in [6, 6.07) is 2.24. The van der Waals surface area contributed by atoms with Gasteiger partial charge >= 0.3 is 0 Å². The third kappa shape index (κ3) is 2.30. The lowest BCUT2D eigenvalue weighted by atomic mass is 10.1. The van der Waals surface area contributed by atoms with E-state index in [1.54, 1.807) is 17.5 Å². The molecule has 0 aliphatic rings. The van der Waals surface area contributed by atoms with Crippen molar-refractivity contribution >= 4 is 27.3 Å². The number of nitrogens with zero attached hydrogens (tertiary/aromatic N) is 2. The Kier molecular flexibility index (Phi) is 3.23. The fourth-order valence-corrected chi connectivity index (χ4v) is 2.60. The molecule has 2 aromatic heterocycles. The second-order valence-corrected chi connectivity index (χ2v) is 5.19. The van der Waals surface area contributed by atoms with Gasteiger partial charge in [0.1, 0.15) is 0 Å². The predicted molar refractivity (Wildman–Crippen MR) is 66.0 cm³/mol. The number of rotatable bonds is 3. The van der Waals surface area contributed by atoms with E-state index in [1.165, 1.54) is 5.56 Å². The molecule has 0 amide bonds. The summed E-state index contributed by atoms with van der Waals surface area (Å²) in [5.41, 5.74) is 7.21. The van der Waals surface area contributed by atoms with Crippen LogP contribution in [0.25, 0.3) is 0 Å². The van der Waals surface area contributed by atoms with Crippen LogP contribution in [0.3, 0.4) is 0 Å². The molecular formula is C10H12BrN3S. The molecule has 2 aromatic rings. The maximum Gasteiger partial charge on any atom is 0.0924 e. The monoisotopic (exact) mass is 285 g/mol. The largest absolute Gasteiger partial charge is 0.326 e. The van der Waals surface area contributed by atoms with Crippen molar-refractivity contribution in [2.75, 3.05) is 0 Å². The highest BCUT2D eigenvalue weighted by Crippen LogP contribution is 2.24. The van der Waals surface area contributed by atoms with Crippen molar-refractivity contribution in [1.82, 2.24) is 9.78 Å². The van der Waals surface area contributed by atoms with Crippen LogP contribution in [0.2, 0.25) is 0 Å². The predicted octanol–water partition coefficient (Wildman–Crippen LogP) is 2.64. The van der Waals surface area contributed by atoms with Crippen LogP contribution in [0, 0.1) is 0 Å². The van der Waals surface area contributed by atoms with Gasteiger partial charge in [0.25, 0.3) is 0 Å². The van der Waals surface area contributed by atoms with Gasteiger partial charge in [-0.3, -0.25) is 4.68 Å². The Morgan fingerprint density at radius 2 is 2.40 bits per heavy atom. The van der Waals surface area contributed by atoms with E-state index >= 15 is 0 Å². The van der Waals surface area contributed by atoms with Gasteiger partial charge < -0.3 is 5.73 Å². The summed E-state index contributed by atoms with van der Waals surface area (Å²) in [5, 5.41) is 8.46. The number of thiophene rings is 1. The van der Waals surface area contributed by atoms with Gasteiger partial charge in [-0.2, -0.15) is 16.4 Å². The first-order valence-electron chi connectivity index (χ1n) is 4.66. The Balaban J connectivity index is 2.36. The van der Waals surface area contributed by atoms with Gasteiger partial charge in [0.05, 0.1) is 16.7 Å². The number of halogens is 1. The molecule has 0 saturated heterocycles. The van der Waals surface area contributed by atoms with Crippen molar-refractivity contribution in [2.24, 2.45) is 5.73 Å². The molecule has 5 heteroatoms. The first-order chi connectivity index (χ1) is 7.18. The highest BCUT2D eigenvalue weighted by Gasteiger charge is 2.19. The first kappa shape index (κ1) is 10.9. The molecule has 2 heterocycles. The van der Waals surface area contributed by atoms with Crippen LogP contribution in [0.15, 0.2) is 33.7 Å². The normalized spacial score (nSPS) is 15.1. The molecule has 2 N–H and O–H groups in total. The molecule has 0 aliphatic carbocycles. The molecule has 0 radical (unpaired) electrons. The Morgan fingerprint density at radius 1 is 1.60 bits per heavy atom. The Morgan fingerprint density at radius 3 is 2.87 bits per heavy atom. The Bertz CT molecular complexity index is 422. The van der Waals surface area contributed by atoms with Gasteiger partial charge in [-0.1, -0.05) is 0 Å². The van der Waals surface area contributed by atoms with Gasteiger partial charge in [-0.15, -0.1) is 0 Å². The van der Waals surface area contributed by atoms with E-state index in [-0.39, 0.29) is 12.1 Å². The van der Waals surface area contributed by atoms with E-state index in [4.69, 9.17) is 5.73 Å². The minimum absolute atomic E-state index is 0.0337. The first-order valence-corrected chi connectivity index (χ1v) is 6.39. The number of hydrogen-bond acceptors (Lipinski definition) is 3. The zero-order valence-electron chi connectivity index (χ0n) is 8.30. The number of nitrogens with two attached hydrogens (primary N) is 1. The van der Waals surface area contributed by atoms with E-state index in [1.807, 2.05) is 17.8 Å². The maximum atomic E-state index is 6.00. The fourth-order valence-electron chi connectivity index (χ4n) is 1.61. The topological polar surface area (TPSA) is 43.8 Å². The van der Waals surface area contributed by atoms with E-state index in [2.05, 4.69) is 37.9 Å². The summed E-state index contributed by atoms with van der Waals surface area (Å²) >= 11 is 5.07. The van der Waals surface area contributed by atoms with E-state index in [0.29, 0.717) is 0 Å². The zero-order valence-corrected chi connectivity index (χ0v) is 10.7. The smallest absolute Gasteiger partial charge is 0.0924 e. The van der Waals surface area contributed by atoms with Gasteiger partial charge in [-0.25, -0.2) is 0 Å². The van der Waals surface area contributed by atoms with Crippen molar-refractivity contribution < 1.29 is 0 Å². The molecule has 15 heavy (non-hydrogen) atoms. The van der Waals surface area contributed by atoms with Gasteiger partial charge in [0, 0.05) is 12.2 Å². The summed E-state index contributed by atoms with van der Waals surface area (Å²) in [7, 11) is 0. The summed E-state index contributed by atoms with van der Waals surface area (Å²) < 4.78 is 2.87. The van der Waals surface area contributed by atoms with Crippen LogP contribution in [0.4, 0.5) is 0 Å². The molecule has 2 rings (SSSR count). The van der Waals surface area contributed by atoms with Crippen LogP contribution >= 0.6 is 27.3 Å². The average molecular weight is 286 g/mol. The van der Waals surface area contributed by atoms with Crippen molar-refractivity contribution in [3.05, 3.63) is 39.3 Å². The van der Waals surface area contributed by atoms with Crippen LogP contribution in [-0.4, -0.2) is 15.8 Å². The van der Waals surface area contributed by atoms with Crippen LogP contribution in [0.1, 0.15) is 18.5 Å². The van der Waals surface area contributed by atoms with Crippen molar-refractivity contribution in [3.63, 3.8) is 0 Å². The standard InChI is InChI=1S/C10H12BrN3S/c1-7(12)10(8-2-3-15-6-8)14-5-9(11)4-13-14/h2-7,10H,12H2,1H3. The lowest BCUT2D eigenvalue weighted by molar-refractivity contribution is 0.455. The minimum atomic E-state index is 0.0337. The van der Waals surface area contributed by atoms with Gasteiger partial charge in [0.2, 0.25) is 0 Å². The van der Waals surface area contributed by atoms with Crippen LogP contribution < -0.4 is 5.73 Å². The average Bonchev–Trinajstić information content (AvgIpc) is 2.77. The highest BCUT2D eigenvalue weighted by molar-refractivity contribution is 9.10. The quantitative estimate of drug-likeness (QED) is 0.942. The molecule has 0 spiro atoms. The Labute approximate surface area is 101 Å². The van der Waals surface area contributed by atoms with Gasteiger partial charge in [-0.05, 0) is 45.2 Å². The van der Waals surface area contributed by atoms with Gasteiger partial charge in [0.15, 0.2) is 0 Å². The van der Waals surface area contributed by atoms with Crippen molar-refractivity contribution in [2.45, 2.75) is 19.0 Å². The summed E-state index contributed by atoms with van der Waals surface area (Å²) in [6.07, 6.45) is 3.73. The summed E-state index contributed by atoms with van der Waals surface area (Å²) in [5.74, 6) is 0. The second-order valence-electron chi connectivity index (χ2n) is 3.50. The third-order valence-corrected chi connectivity index (χ3v) is 3.35. The van der Waals surface area contributed by atoms with Crippen LogP contribution in [0.5, 0.6) is 0 Å². The lowest BCUT2D eigenvalue weighted by Gasteiger charge is -2.20. The molecule has 3 nitrogen and oxygen atoms in total. The number of hydrogen-bond donors (Lipinski definition) is 1. The molecule has 2 unspecified atom stereocenters. The summed E-state index contributed by atoms with van der Waals surface area (Å²) in [6.45, 7) is 2.00. The van der Waals surface area contributed by atoms with Crippen LogP contribution in [-0.2, 0) is 0 Å². The highest BCUT2D eigenvalue weighted by atomic mass is 79.9. The molecule has 0 fully saturated rings. The van der Waals surface area contributed by atoms with E-state index in [0.717, 1.165) is 4.47 Å². The molecular weight excluding hydrogens is 274 g/mol. The molecule has 0 aromatic carbocycles. The molecule has 2 atom stereocenters. The minimum Gasteiger partial charge on any atom is -0.326 e. The van der Waals surface area contributed by atoms with Crippen molar-refractivity contribution in [1.29, 1.82) is 0 Å². The second kappa shape index (κ2) is 4.47. The third-order valence-electron chi connectivity index (χ3n) is 2.24. The fraction of sp³-hybridized carbons (Fsp3) is 0.300. The molecule has 0 aliphatic heterocycles. The molecule has 80 valence electrons. The van der Waals surface area contributed by atoms with Crippen molar-refractivity contribution in [3.8, 4) is 0 Å². The Hall–Kier alpha value is -0.650. The lowest BCUT2D eigenvalue weighted by Crippen LogP contribution is -2.30. The zero-order chi connectivity index (χ0) is 10.8.